The molecule has 1 aromatic heterocycles. The summed E-state index contributed by atoms with van der Waals surface area (Å²) in [5, 5.41) is 2.88. The lowest BCUT2D eigenvalue weighted by Gasteiger charge is -2.10. The van der Waals surface area contributed by atoms with Crippen molar-refractivity contribution in [3.63, 3.8) is 0 Å². The molecule has 0 atom stereocenters. The number of nitrogens with two attached hydrogens (primary N) is 2. The van der Waals surface area contributed by atoms with Gasteiger partial charge in [-0.05, 0) is 31.2 Å². The predicted octanol–water partition coefficient (Wildman–Crippen LogP) is 1.82. The van der Waals surface area contributed by atoms with Gasteiger partial charge in [0, 0.05) is 11.4 Å². The number of amides is 1. The first kappa shape index (κ1) is 13.8. The Bertz CT molecular complexity index is 658. The number of rotatable bonds is 4. The van der Waals surface area contributed by atoms with Gasteiger partial charge in [0.2, 0.25) is 0 Å². The van der Waals surface area contributed by atoms with E-state index in [2.05, 4.69) is 10.3 Å². The van der Waals surface area contributed by atoms with E-state index in [-0.39, 0.29) is 16.9 Å². The SMILES string of the molecule is Cc1cccc(CNc2cc(C(N)=O)c(N)cc2F)n1. The first-order valence-electron chi connectivity index (χ1n) is 6.02. The molecule has 0 fully saturated rings. The second-order valence-electron chi connectivity index (χ2n) is 4.41. The Balaban J connectivity index is 2.21. The minimum absolute atomic E-state index is 0.0224. The Morgan fingerprint density at radius 3 is 2.80 bits per heavy atom. The number of aryl methyl sites for hydroxylation is 1. The molecule has 5 nitrogen and oxygen atoms in total. The van der Waals surface area contributed by atoms with Crippen molar-refractivity contribution in [1.29, 1.82) is 0 Å². The van der Waals surface area contributed by atoms with Gasteiger partial charge in [-0.2, -0.15) is 0 Å². The molecular weight excluding hydrogens is 259 g/mol. The van der Waals surface area contributed by atoms with Crippen LogP contribution in [0.25, 0.3) is 0 Å². The van der Waals surface area contributed by atoms with Crippen LogP contribution in [-0.4, -0.2) is 10.9 Å². The molecule has 0 saturated heterocycles. The molecule has 0 aliphatic rings. The molecule has 0 unspecified atom stereocenters. The number of nitrogens with zero attached hydrogens (tertiary/aromatic N) is 1. The first-order chi connectivity index (χ1) is 9.47. The van der Waals surface area contributed by atoms with Crippen molar-refractivity contribution in [2.45, 2.75) is 13.5 Å². The van der Waals surface area contributed by atoms with Gasteiger partial charge in [-0.1, -0.05) is 6.07 Å². The zero-order chi connectivity index (χ0) is 14.7. The third kappa shape index (κ3) is 3.03. The fraction of sp³-hybridized carbons (Fsp3) is 0.143. The smallest absolute Gasteiger partial charge is 0.250 e. The Hall–Kier alpha value is -2.63. The number of hydrogen-bond acceptors (Lipinski definition) is 4. The molecule has 0 saturated carbocycles. The number of nitrogen functional groups attached to an aromatic ring is 1. The molecule has 0 bridgehead atoms. The van der Waals surface area contributed by atoms with E-state index in [1.807, 2.05) is 25.1 Å². The van der Waals surface area contributed by atoms with Gasteiger partial charge in [-0.15, -0.1) is 0 Å². The van der Waals surface area contributed by atoms with E-state index in [1.165, 1.54) is 6.07 Å². The number of benzene rings is 1. The van der Waals surface area contributed by atoms with Gasteiger partial charge in [0.15, 0.2) is 0 Å². The second kappa shape index (κ2) is 5.56. The molecule has 2 aromatic rings. The van der Waals surface area contributed by atoms with Crippen LogP contribution in [0.2, 0.25) is 0 Å². The molecule has 2 rings (SSSR count). The number of halogens is 1. The molecule has 104 valence electrons. The van der Waals surface area contributed by atoms with Crippen LogP contribution in [0.4, 0.5) is 15.8 Å². The third-order valence-corrected chi connectivity index (χ3v) is 2.81. The fourth-order valence-corrected chi connectivity index (χ4v) is 1.82. The summed E-state index contributed by atoms with van der Waals surface area (Å²) >= 11 is 0. The second-order valence-corrected chi connectivity index (χ2v) is 4.41. The van der Waals surface area contributed by atoms with Gasteiger partial charge in [0.05, 0.1) is 23.5 Å². The molecule has 1 aromatic carbocycles. The lowest BCUT2D eigenvalue weighted by molar-refractivity contribution is 0.100. The predicted molar refractivity (Wildman–Crippen MR) is 75.6 cm³/mol. The van der Waals surface area contributed by atoms with Crippen molar-refractivity contribution in [1.82, 2.24) is 4.98 Å². The highest BCUT2D eigenvalue weighted by Crippen LogP contribution is 2.22. The van der Waals surface area contributed by atoms with Crippen LogP contribution in [0.5, 0.6) is 0 Å². The maximum absolute atomic E-state index is 13.8. The highest BCUT2D eigenvalue weighted by Gasteiger charge is 2.11. The van der Waals surface area contributed by atoms with E-state index in [0.29, 0.717) is 6.54 Å². The van der Waals surface area contributed by atoms with Crippen LogP contribution in [-0.2, 0) is 6.54 Å². The van der Waals surface area contributed by atoms with Gasteiger partial charge >= 0.3 is 0 Å². The van der Waals surface area contributed by atoms with E-state index < -0.39 is 11.7 Å². The van der Waals surface area contributed by atoms with E-state index in [9.17, 15) is 9.18 Å². The average Bonchev–Trinajstić information content (AvgIpc) is 2.37. The number of nitrogens with one attached hydrogen (secondary N) is 1. The van der Waals surface area contributed by atoms with Crippen molar-refractivity contribution in [3.05, 3.63) is 53.1 Å². The Morgan fingerprint density at radius 2 is 2.15 bits per heavy atom. The number of aromatic nitrogens is 1. The molecule has 6 heteroatoms. The standard InChI is InChI=1S/C14H15FN4O/c1-8-3-2-4-9(19-8)7-18-13-5-10(14(17)20)12(16)6-11(13)15/h2-6,18H,7,16H2,1H3,(H2,17,20). The summed E-state index contributed by atoms with van der Waals surface area (Å²) in [6, 6.07) is 7.95. The van der Waals surface area contributed by atoms with Crippen LogP contribution in [0.1, 0.15) is 21.7 Å². The number of primary amides is 1. The van der Waals surface area contributed by atoms with Crippen LogP contribution in [0.15, 0.2) is 30.3 Å². The van der Waals surface area contributed by atoms with Crippen molar-refractivity contribution in [3.8, 4) is 0 Å². The lowest BCUT2D eigenvalue weighted by atomic mass is 10.1. The number of carbonyl (C=O) groups excluding carboxylic acids is 1. The molecule has 5 N–H and O–H groups in total. The van der Waals surface area contributed by atoms with Crippen LogP contribution in [0.3, 0.4) is 0 Å². The van der Waals surface area contributed by atoms with Crippen molar-refractivity contribution >= 4 is 17.3 Å². The summed E-state index contributed by atoms with van der Waals surface area (Å²) in [5.41, 5.74) is 12.6. The Morgan fingerprint density at radius 1 is 1.40 bits per heavy atom. The van der Waals surface area contributed by atoms with Crippen molar-refractivity contribution < 1.29 is 9.18 Å². The van der Waals surface area contributed by atoms with Crippen LogP contribution >= 0.6 is 0 Å². The molecule has 1 heterocycles. The number of pyridine rings is 1. The van der Waals surface area contributed by atoms with Gasteiger partial charge < -0.3 is 16.8 Å². The molecular formula is C14H15FN4O. The number of hydrogen-bond donors (Lipinski definition) is 3. The Kier molecular flexibility index (Phi) is 3.84. The summed E-state index contributed by atoms with van der Waals surface area (Å²) in [7, 11) is 0. The summed E-state index contributed by atoms with van der Waals surface area (Å²) in [6.45, 7) is 2.21. The normalized spacial score (nSPS) is 10.3. The lowest BCUT2D eigenvalue weighted by Crippen LogP contribution is -2.15. The van der Waals surface area contributed by atoms with E-state index in [4.69, 9.17) is 11.5 Å². The zero-order valence-corrected chi connectivity index (χ0v) is 11.0. The largest absolute Gasteiger partial charge is 0.398 e. The van der Waals surface area contributed by atoms with Gasteiger partial charge in [0.25, 0.3) is 5.91 Å². The molecule has 0 aliphatic heterocycles. The summed E-state index contributed by atoms with van der Waals surface area (Å²) in [6.07, 6.45) is 0. The fourth-order valence-electron chi connectivity index (χ4n) is 1.82. The summed E-state index contributed by atoms with van der Waals surface area (Å²) in [5.74, 6) is -1.24. The maximum Gasteiger partial charge on any atom is 0.250 e. The summed E-state index contributed by atoms with van der Waals surface area (Å²) in [4.78, 5) is 15.5. The highest BCUT2D eigenvalue weighted by atomic mass is 19.1. The quantitative estimate of drug-likeness (QED) is 0.741. The number of anilines is 2. The van der Waals surface area contributed by atoms with Gasteiger partial charge in [0.1, 0.15) is 5.82 Å². The molecule has 0 spiro atoms. The van der Waals surface area contributed by atoms with Gasteiger partial charge in [-0.25, -0.2) is 4.39 Å². The van der Waals surface area contributed by atoms with Crippen molar-refractivity contribution in [2.75, 3.05) is 11.1 Å². The molecule has 1 amide bonds. The molecule has 0 aliphatic carbocycles. The van der Waals surface area contributed by atoms with Gasteiger partial charge in [-0.3, -0.25) is 9.78 Å². The van der Waals surface area contributed by atoms with E-state index in [1.54, 1.807) is 0 Å². The number of carbonyl (C=O) groups is 1. The van der Waals surface area contributed by atoms with Crippen LogP contribution < -0.4 is 16.8 Å². The minimum atomic E-state index is -0.695. The summed E-state index contributed by atoms with van der Waals surface area (Å²) < 4.78 is 13.8. The minimum Gasteiger partial charge on any atom is -0.398 e. The molecule has 0 radical (unpaired) electrons. The average molecular weight is 274 g/mol. The van der Waals surface area contributed by atoms with Crippen LogP contribution in [0, 0.1) is 12.7 Å². The maximum atomic E-state index is 13.8. The highest BCUT2D eigenvalue weighted by molar-refractivity contribution is 5.99. The first-order valence-corrected chi connectivity index (χ1v) is 6.02. The zero-order valence-electron chi connectivity index (χ0n) is 11.0. The third-order valence-electron chi connectivity index (χ3n) is 2.81. The van der Waals surface area contributed by atoms with E-state index >= 15 is 0 Å². The monoisotopic (exact) mass is 274 g/mol. The Labute approximate surface area is 115 Å². The molecule has 20 heavy (non-hydrogen) atoms. The van der Waals surface area contributed by atoms with Crippen molar-refractivity contribution in [2.24, 2.45) is 5.73 Å². The topological polar surface area (TPSA) is 94.0 Å². The van der Waals surface area contributed by atoms with E-state index in [0.717, 1.165) is 17.5 Å².